The molecule has 0 amide bonds. The summed E-state index contributed by atoms with van der Waals surface area (Å²) in [4.78, 5) is 12.9. The van der Waals surface area contributed by atoms with Gasteiger partial charge in [0.1, 0.15) is 12.1 Å². The molecule has 192 valence electrons. The molecule has 2 N–H and O–H groups in total. The van der Waals surface area contributed by atoms with Crippen molar-refractivity contribution < 1.29 is 14.0 Å². The molecule has 36 heavy (non-hydrogen) atoms. The number of ether oxygens (including phenoxy) is 1. The van der Waals surface area contributed by atoms with Crippen molar-refractivity contribution in [3.05, 3.63) is 96.6 Å². The fourth-order valence-corrected chi connectivity index (χ4v) is 9.37. The van der Waals surface area contributed by atoms with Crippen molar-refractivity contribution in [2.45, 2.75) is 64.6 Å². The minimum atomic E-state index is -2.65. The molecule has 0 aliphatic carbocycles. The summed E-state index contributed by atoms with van der Waals surface area (Å²) in [7, 11) is -2.65. The van der Waals surface area contributed by atoms with E-state index < -0.39 is 14.4 Å². The molecule has 3 rings (SSSR count). The molecule has 4 nitrogen and oxygen atoms in total. The molecular formula is C31H41NO3Si. The second-order valence-electron chi connectivity index (χ2n) is 10.8. The van der Waals surface area contributed by atoms with E-state index in [9.17, 15) is 4.79 Å². The molecule has 0 heterocycles. The number of hydrogen-bond acceptors (Lipinski definition) is 4. The molecule has 5 heteroatoms. The van der Waals surface area contributed by atoms with Gasteiger partial charge in [0.25, 0.3) is 8.32 Å². The number of nitrogens with two attached hydrogens (primary N) is 1. The van der Waals surface area contributed by atoms with Gasteiger partial charge in [0, 0.05) is 18.4 Å². The smallest absolute Gasteiger partial charge is 0.323 e. The third-order valence-corrected chi connectivity index (χ3v) is 12.2. The highest BCUT2D eigenvalue weighted by Gasteiger charge is 2.50. The Bertz CT molecular complexity index is 1040. The fraction of sp³-hybridized carbons (Fsp3) is 0.387. The van der Waals surface area contributed by atoms with Crippen molar-refractivity contribution in [2.75, 3.05) is 6.61 Å². The third-order valence-electron chi connectivity index (χ3n) is 7.22. The number of rotatable bonds is 10. The van der Waals surface area contributed by atoms with E-state index in [0.29, 0.717) is 6.61 Å². The molecule has 0 spiro atoms. The molecule has 0 bridgehead atoms. The van der Waals surface area contributed by atoms with E-state index in [-0.39, 0.29) is 28.9 Å². The van der Waals surface area contributed by atoms with Gasteiger partial charge in [0.05, 0.1) is 0 Å². The van der Waals surface area contributed by atoms with Gasteiger partial charge in [-0.1, -0.05) is 126 Å². The number of esters is 1. The van der Waals surface area contributed by atoms with E-state index in [1.165, 1.54) is 10.4 Å². The molecule has 0 aliphatic rings. The summed E-state index contributed by atoms with van der Waals surface area (Å²) in [5, 5.41) is 2.36. The Kier molecular flexibility index (Phi) is 9.28. The Hall–Kier alpha value is -2.73. The van der Waals surface area contributed by atoms with Crippen molar-refractivity contribution in [3.63, 3.8) is 0 Å². The molecule has 0 unspecified atom stereocenters. The number of carbonyl (C=O) groups is 1. The van der Waals surface area contributed by atoms with E-state index in [0.717, 1.165) is 5.56 Å². The summed E-state index contributed by atoms with van der Waals surface area (Å²) >= 11 is 0. The van der Waals surface area contributed by atoms with Gasteiger partial charge < -0.3 is 14.9 Å². The standard InChI is InChI=1S/C31H41NO3Si/c1-23(25(3)35-30(33)29(32)24(2)26-16-10-7-11-17-26)22-34-36(31(4,5)6,27-18-12-8-13-19-27)28-20-14-9-15-21-28/h7-21,23-25,29H,22,32H2,1-6H3/t23-,24+,25+,29-/m0/s1. The van der Waals surface area contributed by atoms with Crippen LogP contribution in [-0.4, -0.2) is 33.0 Å². The van der Waals surface area contributed by atoms with Crippen LogP contribution in [0.15, 0.2) is 91.0 Å². The molecule has 3 aromatic rings. The minimum absolute atomic E-state index is 0.00479. The molecular weight excluding hydrogens is 462 g/mol. The molecule has 3 aromatic carbocycles. The van der Waals surface area contributed by atoms with Gasteiger partial charge in [-0.2, -0.15) is 0 Å². The van der Waals surface area contributed by atoms with E-state index in [2.05, 4.69) is 76.2 Å². The van der Waals surface area contributed by atoms with Crippen LogP contribution in [0.2, 0.25) is 5.04 Å². The van der Waals surface area contributed by atoms with Crippen LogP contribution >= 0.6 is 0 Å². The summed E-state index contributed by atoms with van der Waals surface area (Å²) in [6.07, 6.45) is -0.329. The van der Waals surface area contributed by atoms with Crippen LogP contribution in [0.25, 0.3) is 0 Å². The lowest BCUT2D eigenvalue weighted by molar-refractivity contribution is -0.153. The zero-order chi connectivity index (χ0) is 26.3. The second kappa shape index (κ2) is 12.0. The van der Waals surface area contributed by atoms with Crippen LogP contribution < -0.4 is 16.1 Å². The average molecular weight is 504 g/mol. The first-order chi connectivity index (χ1) is 17.1. The van der Waals surface area contributed by atoms with Gasteiger partial charge in [-0.15, -0.1) is 0 Å². The highest BCUT2D eigenvalue weighted by Crippen LogP contribution is 2.37. The topological polar surface area (TPSA) is 61.6 Å². The Morgan fingerprint density at radius 3 is 1.69 bits per heavy atom. The van der Waals surface area contributed by atoms with Gasteiger partial charge in [0.2, 0.25) is 0 Å². The van der Waals surface area contributed by atoms with Crippen LogP contribution in [0, 0.1) is 5.92 Å². The van der Waals surface area contributed by atoms with Crippen molar-refractivity contribution >= 4 is 24.7 Å². The van der Waals surface area contributed by atoms with Gasteiger partial charge >= 0.3 is 5.97 Å². The summed E-state index contributed by atoms with van der Waals surface area (Å²) in [5.74, 6) is -0.513. The Morgan fingerprint density at radius 1 is 0.806 bits per heavy atom. The molecule has 4 atom stereocenters. The highest BCUT2D eigenvalue weighted by molar-refractivity contribution is 6.99. The molecule has 0 saturated carbocycles. The normalized spacial score (nSPS) is 15.5. The van der Waals surface area contributed by atoms with Crippen molar-refractivity contribution in [2.24, 2.45) is 11.7 Å². The molecule has 0 aliphatic heterocycles. The quantitative estimate of drug-likeness (QED) is 0.303. The predicted molar refractivity (Wildman–Crippen MR) is 151 cm³/mol. The summed E-state index contributed by atoms with van der Waals surface area (Å²) in [5.41, 5.74) is 7.32. The second-order valence-corrected chi connectivity index (χ2v) is 15.1. The lowest BCUT2D eigenvalue weighted by Gasteiger charge is -2.43. The summed E-state index contributed by atoms with van der Waals surface area (Å²) in [6.45, 7) is 13.2. The van der Waals surface area contributed by atoms with Gasteiger partial charge in [0.15, 0.2) is 0 Å². The minimum Gasteiger partial charge on any atom is -0.461 e. The zero-order valence-electron chi connectivity index (χ0n) is 22.5. The number of carbonyl (C=O) groups excluding carboxylic acids is 1. The molecule has 0 fully saturated rings. The van der Waals surface area contributed by atoms with Gasteiger partial charge in [-0.3, -0.25) is 4.79 Å². The maximum absolute atomic E-state index is 12.9. The number of benzene rings is 3. The van der Waals surface area contributed by atoms with Crippen molar-refractivity contribution in [1.29, 1.82) is 0 Å². The van der Waals surface area contributed by atoms with Gasteiger partial charge in [-0.25, -0.2) is 0 Å². The Labute approximate surface area is 218 Å². The van der Waals surface area contributed by atoms with Crippen molar-refractivity contribution in [1.82, 2.24) is 0 Å². The lowest BCUT2D eigenvalue weighted by atomic mass is 9.94. The van der Waals surface area contributed by atoms with E-state index in [4.69, 9.17) is 14.9 Å². The van der Waals surface area contributed by atoms with E-state index in [1.54, 1.807) is 0 Å². The molecule has 0 aromatic heterocycles. The zero-order valence-corrected chi connectivity index (χ0v) is 23.5. The summed E-state index contributed by atoms with van der Waals surface area (Å²) in [6, 6.07) is 30.3. The van der Waals surface area contributed by atoms with Crippen molar-refractivity contribution in [3.8, 4) is 0 Å². The predicted octanol–water partition coefficient (Wildman–Crippen LogP) is 5.26. The third kappa shape index (κ3) is 6.15. The first kappa shape index (κ1) is 27.8. The Morgan fingerprint density at radius 2 is 1.25 bits per heavy atom. The average Bonchev–Trinajstić information content (AvgIpc) is 2.89. The number of hydrogen-bond donors (Lipinski definition) is 1. The summed E-state index contributed by atoms with van der Waals surface area (Å²) < 4.78 is 12.9. The Balaban J connectivity index is 1.77. The highest BCUT2D eigenvalue weighted by atomic mass is 28.4. The first-order valence-electron chi connectivity index (χ1n) is 12.8. The fourth-order valence-electron chi connectivity index (χ4n) is 4.70. The van der Waals surface area contributed by atoms with E-state index >= 15 is 0 Å². The van der Waals surface area contributed by atoms with Crippen LogP contribution in [-0.2, 0) is 14.0 Å². The van der Waals surface area contributed by atoms with Crippen LogP contribution in [0.4, 0.5) is 0 Å². The largest absolute Gasteiger partial charge is 0.461 e. The molecule has 0 saturated heterocycles. The SMILES string of the molecule is C[C@H](c1ccccc1)[C@H](N)C(=O)O[C@H](C)[C@@H](C)CO[Si](c1ccccc1)(c1ccccc1)C(C)(C)C. The lowest BCUT2D eigenvalue weighted by Crippen LogP contribution is -2.67. The van der Waals surface area contributed by atoms with Gasteiger partial charge in [-0.05, 0) is 27.9 Å². The van der Waals surface area contributed by atoms with E-state index in [1.807, 2.05) is 56.3 Å². The van der Waals surface area contributed by atoms with Crippen LogP contribution in [0.3, 0.4) is 0 Å². The first-order valence-corrected chi connectivity index (χ1v) is 14.7. The monoisotopic (exact) mass is 503 g/mol. The maximum atomic E-state index is 12.9. The maximum Gasteiger partial charge on any atom is 0.323 e. The molecule has 0 radical (unpaired) electrons. The van der Waals surface area contributed by atoms with Crippen LogP contribution in [0.1, 0.15) is 53.0 Å². The van der Waals surface area contributed by atoms with Crippen LogP contribution in [0.5, 0.6) is 0 Å².